The van der Waals surface area contributed by atoms with E-state index in [0.717, 1.165) is 25.7 Å². The smallest absolute Gasteiger partial charge is 0.207 e. The summed E-state index contributed by atoms with van der Waals surface area (Å²) in [5.41, 5.74) is 0.459. The fraction of sp³-hybridized carbons (Fsp3) is 0.438. The molecule has 0 amide bonds. The zero-order valence-corrected chi connectivity index (χ0v) is 13.8. The Bertz CT molecular complexity index is 856. The Morgan fingerprint density at radius 2 is 1.58 bits per heavy atom. The van der Waals surface area contributed by atoms with Gasteiger partial charge in [0.05, 0.1) is 35.0 Å². The topological polar surface area (TPSA) is 91.9 Å². The maximum Gasteiger partial charge on any atom is 0.243 e. The number of rotatable bonds is 3. The van der Waals surface area contributed by atoms with Crippen LogP contribution in [-0.2, 0) is 10.0 Å². The van der Waals surface area contributed by atoms with Crippen molar-refractivity contribution < 1.29 is 8.42 Å². The van der Waals surface area contributed by atoms with Crippen molar-refractivity contribution in [3.05, 3.63) is 42.2 Å². The highest BCUT2D eigenvalue weighted by Crippen LogP contribution is 2.43. The van der Waals surface area contributed by atoms with Crippen molar-refractivity contribution in [1.29, 1.82) is 5.26 Å². The molecule has 2 unspecified atom stereocenters. The predicted molar refractivity (Wildman–Crippen MR) is 85.3 cm³/mol. The fourth-order valence-corrected chi connectivity index (χ4v) is 5.82. The molecule has 124 valence electrons. The molecule has 4 rings (SSSR count). The number of nitrogens with zero attached hydrogens (tertiary/aromatic N) is 5. The van der Waals surface area contributed by atoms with Crippen LogP contribution in [0.1, 0.15) is 37.3 Å². The molecule has 0 radical (unpaired) electrons. The zero-order chi connectivity index (χ0) is 16.7. The lowest BCUT2D eigenvalue weighted by atomic mass is 10.0. The van der Waals surface area contributed by atoms with Gasteiger partial charge in [0.1, 0.15) is 0 Å². The molecular weight excluding hydrogens is 326 g/mol. The molecule has 2 bridgehead atoms. The quantitative estimate of drug-likeness (QED) is 0.846. The van der Waals surface area contributed by atoms with Crippen LogP contribution in [0.15, 0.2) is 41.6 Å². The van der Waals surface area contributed by atoms with Crippen molar-refractivity contribution >= 4 is 10.0 Å². The summed E-state index contributed by atoms with van der Waals surface area (Å²) in [6.45, 7) is 0. The highest BCUT2D eigenvalue weighted by molar-refractivity contribution is 7.89. The first kappa shape index (κ1) is 15.3. The Morgan fingerprint density at radius 3 is 2.12 bits per heavy atom. The largest absolute Gasteiger partial charge is 0.243 e. The van der Waals surface area contributed by atoms with Crippen LogP contribution in [0.25, 0.3) is 0 Å². The van der Waals surface area contributed by atoms with E-state index < -0.39 is 10.0 Å². The first-order valence-corrected chi connectivity index (χ1v) is 9.43. The van der Waals surface area contributed by atoms with Gasteiger partial charge >= 0.3 is 0 Å². The van der Waals surface area contributed by atoms with Crippen LogP contribution < -0.4 is 0 Å². The first-order valence-electron chi connectivity index (χ1n) is 7.99. The highest BCUT2D eigenvalue weighted by atomic mass is 32.2. The summed E-state index contributed by atoms with van der Waals surface area (Å²) in [5, 5.41) is 17.3. The standard InChI is InChI=1S/C16H17N5O2S/c17-11-12-1-5-16(6-2-12)24(22,23)20-13-3-4-14(20)10-15(9-13)21-18-7-8-19-21/h1-2,5-8,13-15H,3-4,9-10H2. The van der Waals surface area contributed by atoms with Crippen LogP contribution in [0.5, 0.6) is 0 Å². The number of nitriles is 1. The minimum atomic E-state index is -3.54. The zero-order valence-electron chi connectivity index (χ0n) is 13.0. The molecule has 8 heteroatoms. The molecule has 2 saturated heterocycles. The highest BCUT2D eigenvalue weighted by Gasteiger charge is 2.47. The summed E-state index contributed by atoms with van der Waals surface area (Å²) in [6, 6.07) is 8.29. The second-order valence-corrected chi connectivity index (χ2v) is 8.17. The lowest BCUT2D eigenvalue weighted by Crippen LogP contribution is -2.47. The van der Waals surface area contributed by atoms with Crippen molar-refractivity contribution in [3.8, 4) is 6.07 Å². The van der Waals surface area contributed by atoms with Crippen LogP contribution in [0.2, 0.25) is 0 Å². The van der Waals surface area contributed by atoms with Crippen LogP contribution in [0.4, 0.5) is 0 Å². The van der Waals surface area contributed by atoms with E-state index >= 15 is 0 Å². The van der Waals surface area contributed by atoms with E-state index in [1.165, 1.54) is 12.1 Å². The number of fused-ring (bicyclic) bond motifs is 2. The Kier molecular flexibility index (Phi) is 3.62. The first-order chi connectivity index (χ1) is 11.6. The molecule has 1 aromatic heterocycles. The molecule has 0 saturated carbocycles. The van der Waals surface area contributed by atoms with E-state index in [9.17, 15) is 8.42 Å². The average Bonchev–Trinajstić information content (AvgIpc) is 3.22. The van der Waals surface area contributed by atoms with Gasteiger partial charge in [-0.05, 0) is 49.9 Å². The number of sulfonamides is 1. The lowest BCUT2D eigenvalue weighted by molar-refractivity contribution is 0.174. The molecule has 2 atom stereocenters. The van der Waals surface area contributed by atoms with Gasteiger partial charge in [-0.25, -0.2) is 8.42 Å². The normalized spacial score (nSPS) is 27.0. The van der Waals surface area contributed by atoms with Crippen LogP contribution >= 0.6 is 0 Å². The lowest BCUT2D eigenvalue weighted by Gasteiger charge is -2.37. The third kappa shape index (κ3) is 2.41. The van der Waals surface area contributed by atoms with Gasteiger partial charge in [0, 0.05) is 12.1 Å². The maximum absolute atomic E-state index is 13.0. The molecule has 2 aliphatic rings. The average molecular weight is 343 g/mol. The number of hydrogen-bond acceptors (Lipinski definition) is 5. The number of benzene rings is 1. The van der Waals surface area contributed by atoms with E-state index in [4.69, 9.17) is 5.26 Å². The van der Waals surface area contributed by atoms with E-state index in [1.54, 1.807) is 33.6 Å². The molecule has 24 heavy (non-hydrogen) atoms. The minimum absolute atomic E-state index is 0.0135. The minimum Gasteiger partial charge on any atom is -0.207 e. The molecule has 0 spiro atoms. The Morgan fingerprint density at radius 1 is 1.00 bits per heavy atom. The molecule has 7 nitrogen and oxygen atoms in total. The van der Waals surface area contributed by atoms with Gasteiger partial charge in [-0.3, -0.25) is 0 Å². The van der Waals surface area contributed by atoms with Gasteiger partial charge in [-0.2, -0.15) is 24.6 Å². The SMILES string of the molecule is N#Cc1ccc(S(=O)(=O)N2C3CCC2CC(n2nccn2)C3)cc1. The summed E-state index contributed by atoms with van der Waals surface area (Å²) in [6.07, 6.45) is 6.53. The summed E-state index contributed by atoms with van der Waals surface area (Å²) in [5.74, 6) is 0. The fourth-order valence-electron chi connectivity index (χ4n) is 3.92. The van der Waals surface area contributed by atoms with Gasteiger partial charge in [0.25, 0.3) is 0 Å². The van der Waals surface area contributed by atoms with Crippen molar-refractivity contribution in [3.63, 3.8) is 0 Å². The number of hydrogen-bond donors (Lipinski definition) is 0. The van der Waals surface area contributed by atoms with Gasteiger partial charge in [-0.15, -0.1) is 0 Å². The van der Waals surface area contributed by atoms with E-state index in [1.807, 2.05) is 6.07 Å². The van der Waals surface area contributed by atoms with Gasteiger partial charge in [-0.1, -0.05) is 0 Å². The maximum atomic E-state index is 13.0. The summed E-state index contributed by atoms with van der Waals surface area (Å²) < 4.78 is 27.8. The molecule has 1 aromatic carbocycles. The van der Waals surface area contributed by atoms with E-state index in [-0.39, 0.29) is 23.0 Å². The third-order valence-corrected chi connectivity index (χ3v) is 6.98. The summed E-state index contributed by atoms with van der Waals surface area (Å²) in [4.78, 5) is 1.96. The van der Waals surface area contributed by atoms with Gasteiger partial charge < -0.3 is 0 Å². The van der Waals surface area contributed by atoms with Crippen molar-refractivity contribution in [2.24, 2.45) is 0 Å². The Balaban J connectivity index is 1.62. The molecule has 2 aromatic rings. The number of piperidine rings is 1. The molecule has 2 fully saturated rings. The molecule has 0 aliphatic carbocycles. The Labute approximate surface area is 140 Å². The van der Waals surface area contributed by atoms with Crippen LogP contribution in [0.3, 0.4) is 0 Å². The second-order valence-electron chi connectivity index (χ2n) is 6.33. The van der Waals surface area contributed by atoms with E-state index in [2.05, 4.69) is 10.2 Å². The van der Waals surface area contributed by atoms with Crippen LogP contribution in [-0.4, -0.2) is 39.8 Å². The van der Waals surface area contributed by atoms with Gasteiger partial charge in [0.15, 0.2) is 0 Å². The van der Waals surface area contributed by atoms with Crippen LogP contribution in [0, 0.1) is 11.3 Å². The monoisotopic (exact) mass is 343 g/mol. The summed E-state index contributed by atoms with van der Waals surface area (Å²) >= 11 is 0. The van der Waals surface area contributed by atoms with Crippen molar-refractivity contribution in [2.45, 2.75) is 48.7 Å². The predicted octanol–water partition coefficient (Wildman–Crippen LogP) is 1.71. The molecule has 2 aliphatic heterocycles. The molecular formula is C16H17N5O2S. The molecule has 3 heterocycles. The number of aromatic nitrogens is 3. The Hall–Kier alpha value is -2.24. The molecule has 0 N–H and O–H groups in total. The van der Waals surface area contributed by atoms with Crippen molar-refractivity contribution in [2.75, 3.05) is 0 Å². The second kappa shape index (κ2) is 5.69. The summed E-state index contributed by atoms with van der Waals surface area (Å²) in [7, 11) is -3.54. The van der Waals surface area contributed by atoms with Gasteiger partial charge in [0.2, 0.25) is 10.0 Å². The van der Waals surface area contributed by atoms with E-state index in [0.29, 0.717) is 5.56 Å². The van der Waals surface area contributed by atoms with Crippen molar-refractivity contribution in [1.82, 2.24) is 19.3 Å². The third-order valence-electron chi connectivity index (χ3n) is 4.96.